The fourth-order valence-electron chi connectivity index (χ4n) is 2.08. The molecule has 0 aliphatic carbocycles. The molecule has 3 heteroatoms. The predicted molar refractivity (Wildman–Crippen MR) is 89.7 cm³/mol. The first kappa shape index (κ1) is 14.2. The van der Waals surface area contributed by atoms with Crippen LogP contribution in [0.4, 0.5) is 0 Å². The third-order valence-electron chi connectivity index (χ3n) is 3.16. The van der Waals surface area contributed by atoms with Crippen molar-refractivity contribution in [3.8, 4) is 11.5 Å². The van der Waals surface area contributed by atoms with Crippen molar-refractivity contribution in [1.82, 2.24) is 0 Å². The van der Waals surface area contributed by atoms with Crippen molar-refractivity contribution in [3.05, 3.63) is 82.0 Å². The third kappa shape index (κ3) is 3.46. The summed E-state index contributed by atoms with van der Waals surface area (Å²) in [6.45, 7) is 2.09. The van der Waals surface area contributed by atoms with Gasteiger partial charge in [-0.15, -0.1) is 22.9 Å². The summed E-state index contributed by atoms with van der Waals surface area (Å²) in [5, 5.41) is -0.102. The van der Waals surface area contributed by atoms with E-state index in [0.29, 0.717) is 0 Å². The summed E-state index contributed by atoms with van der Waals surface area (Å²) in [6.07, 6.45) is 0. The van der Waals surface area contributed by atoms with Gasteiger partial charge in [0.1, 0.15) is 11.5 Å². The van der Waals surface area contributed by atoms with Crippen LogP contribution in [0, 0.1) is 6.92 Å². The van der Waals surface area contributed by atoms with Crippen molar-refractivity contribution < 1.29 is 4.74 Å². The summed E-state index contributed by atoms with van der Waals surface area (Å²) in [4.78, 5) is 2.45. The van der Waals surface area contributed by atoms with E-state index >= 15 is 0 Å². The van der Waals surface area contributed by atoms with Crippen LogP contribution in [-0.2, 0) is 0 Å². The fraction of sp³-hybridized carbons (Fsp3) is 0.111. The number of para-hydroxylation sites is 1. The highest BCUT2D eigenvalue weighted by molar-refractivity contribution is 7.12. The molecule has 1 atom stereocenters. The molecule has 1 aromatic heterocycles. The van der Waals surface area contributed by atoms with Gasteiger partial charge in [0.25, 0.3) is 0 Å². The van der Waals surface area contributed by atoms with Gasteiger partial charge in [-0.05, 0) is 48.9 Å². The zero-order valence-corrected chi connectivity index (χ0v) is 13.2. The zero-order chi connectivity index (χ0) is 14.7. The van der Waals surface area contributed by atoms with E-state index in [9.17, 15) is 0 Å². The summed E-state index contributed by atoms with van der Waals surface area (Å²) >= 11 is 8.26. The van der Waals surface area contributed by atoms with Crippen molar-refractivity contribution >= 4 is 22.9 Å². The number of rotatable bonds is 4. The molecule has 0 saturated carbocycles. The molecular formula is C18H15ClOS. The second-order valence-corrected chi connectivity index (χ2v) is 6.55. The lowest BCUT2D eigenvalue weighted by molar-refractivity contribution is 0.482. The van der Waals surface area contributed by atoms with Crippen LogP contribution in [-0.4, -0.2) is 0 Å². The standard InChI is InChI=1S/C18H15ClOS/c1-13-7-12-17(21-13)18(19)14-8-10-16(11-9-14)20-15-5-3-2-4-6-15/h2-12,18H,1H3. The summed E-state index contributed by atoms with van der Waals surface area (Å²) < 4.78 is 5.78. The first-order chi connectivity index (χ1) is 10.2. The van der Waals surface area contributed by atoms with Gasteiger partial charge >= 0.3 is 0 Å². The van der Waals surface area contributed by atoms with Gasteiger partial charge in [0, 0.05) is 9.75 Å². The first-order valence-corrected chi connectivity index (χ1v) is 8.01. The molecule has 0 fully saturated rings. The molecule has 2 aromatic carbocycles. The summed E-state index contributed by atoms with van der Waals surface area (Å²) in [5.74, 6) is 1.65. The summed E-state index contributed by atoms with van der Waals surface area (Å²) in [7, 11) is 0. The molecule has 0 aliphatic heterocycles. The molecule has 1 unspecified atom stereocenters. The number of ether oxygens (including phenoxy) is 1. The van der Waals surface area contributed by atoms with E-state index in [2.05, 4.69) is 19.1 Å². The van der Waals surface area contributed by atoms with Crippen LogP contribution in [0.15, 0.2) is 66.7 Å². The lowest BCUT2D eigenvalue weighted by Crippen LogP contribution is -1.90. The quantitative estimate of drug-likeness (QED) is 0.523. The molecule has 0 saturated heterocycles. The Kier molecular flexibility index (Phi) is 4.28. The molecular weight excluding hydrogens is 300 g/mol. The minimum absolute atomic E-state index is 0.102. The highest BCUT2D eigenvalue weighted by Gasteiger charge is 2.12. The highest BCUT2D eigenvalue weighted by atomic mass is 35.5. The van der Waals surface area contributed by atoms with Crippen LogP contribution < -0.4 is 4.74 Å². The van der Waals surface area contributed by atoms with Gasteiger partial charge in [-0.3, -0.25) is 0 Å². The highest BCUT2D eigenvalue weighted by Crippen LogP contribution is 2.34. The van der Waals surface area contributed by atoms with E-state index in [-0.39, 0.29) is 5.38 Å². The number of benzene rings is 2. The average Bonchev–Trinajstić information content (AvgIpc) is 2.95. The number of hydrogen-bond acceptors (Lipinski definition) is 2. The maximum absolute atomic E-state index is 6.53. The van der Waals surface area contributed by atoms with Crippen molar-refractivity contribution in [3.63, 3.8) is 0 Å². The molecule has 0 radical (unpaired) electrons. The molecule has 3 rings (SSSR count). The number of hydrogen-bond donors (Lipinski definition) is 0. The lowest BCUT2D eigenvalue weighted by atomic mass is 10.1. The smallest absolute Gasteiger partial charge is 0.127 e. The van der Waals surface area contributed by atoms with E-state index in [1.807, 2.05) is 54.6 Å². The molecule has 0 N–H and O–H groups in total. The van der Waals surface area contributed by atoms with Gasteiger partial charge in [-0.25, -0.2) is 0 Å². The Morgan fingerprint density at radius 2 is 1.52 bits per heavy atom. The third-order valence-corrected chi connectivity index (χ3v) is 4.84. The Morgan fingerprint density at radius 3 is 2.14 bits per heavy atom. The maximum Gasteiger partial charge on any atom is 0.127 e. The van der Waals surface area contributed by atoms with Gasteiger partial charge in [-0.2, -0.15) is 0 Å². The van der Waals surface area contributed by atoms with Crippen LogP contribution in [0.1, 0.15) is 20.7 Å². The Labute approximate surface area is 133 Å². The zero-order valence-electron chi connectivity index (χ0n) is 11.6. The second-order valence-electron chi connectivity index (χ2n) is 4.80. The lowest BCUT2D eigenvalue weighted by Gasteiger charge is -2.10. The molecule has 0 aliphatic rings. The normalized spacial score (nSPS) is 12.1. The first-order valence-electron chi connectivity index (χ1n) is 6.75. The van der Waals surface area contributed by atoms with Gasteiger partial charge in [0.05, 0.1) is 5.38 Å². The van der Waals surface area contributed by atoms with Crippen LogP contribution in [0.2, 0.25) is 0 Å². The Morgan fingerprint density at radius 1 is 0.857 bits per heavy atom. The van der Waals surface area contributed by atoms with Gasteiger partial charge in [0.15, 0.2) is 0 Å². The molecule has 1 nitrogen and oxygen atoms in total. The van der Waals surface area contributed by atoms with Crippen molar-refractivity contribution in [2.45, 2.75) is 12.3 Å². The molecule has 0 bridgehead atoms. The minimum atomic E-state index is -0.102. The number of halogens is 1. The van der Waals surface area contributed by atoms with E-state index in [1.54, 1.807) is 11.3 Å². The van der Waals surface area contributed by atoms with Crippen molar-refractivity contribution in [2.75, 3.05) is 0 Å². The molecule has 106 valence electrons. The number of alkyl halides is 1. The summed E-state index contributed by atoms with van der Waals surface area (Å²) in [6, 6.07) is 21.9. The SMILES string of the molecule is Cc1ccc(C(Cl)c2ccc(Oc3ccccc3)cc2)s1. The largest absolute Gasteiger partial charge is 0.457 e. The Bertz CT molecular complexity index is 704. The van der Waals surface area contributed by atoms with Crippen molar-refractivity contribution in [2.24, 2.45) is 0 Å². The minimum Gasteiger partial charge on any atom is -0.457 e. The summed E-state index contributed by atoms with van der Waals surface area (Å²) in [5.41, 5.74) is 1.08. The Hall–Kier alpha value is -1.77. The molecule has 1 heterocycles. The van der Waals surface area contributed by atoms with E-state index in [4.69, 9.17) is 16.3 Å². The van der Waals surface area contributed by atoms with Crippen LogP contribution >= 0.6 is 22.9 Å². The van der Waals surface area contributed by atoms with Gasteiger partial charge < -0.3 is 4.74 Å². The van der Waals surface area contributed by atoms with Crippen molar-refractivity contribution in [1.29, 1.82) is 0 Å². The maximum atomic E-state index is 6.53. The average molecular weight is 315 g/mol. The Balaban J connectivity index is 1.75. The number of aryl methyl sites for hydroxylation is 1. The fourth-order valence-corrected chi connectivity index (χ4v) is 3.32. The van der Waals surface area contributed by atoms with Crippen LogP contribution in [0.5, 0.6) is 11.5 Å². The predicted octanol–water partition coefficient (Wildman–Crippen LogP) is 6.18. The van der Waals surface area contributed by atoms with E-state index < -0.39 is 0 Å². The van der Waals surface area contributed by atoms with Crippen LogP contribution in [0.3, 0.4) is 0 Å². The van der Waals surface area contributed by atoms with E-state index in [1.165, 1.54) is 9.75 Å². The van der Waals surface area contributed by atoms with E-state index in [0.717, 1.165) is 17.1 Å². The second kappa shape index (κ2) is 6.33. The van der Waals surface area contributed by atoms with Gasteiger partial charge in [0.2, 0.25) is 0 Å². The number of thiophene rings is 1. The monoisotopic (exact) mass is 314 g/mol. The molecule has 0 spiro atoms. The molecule has 0 amide bonds. The molecule has 21 heavy (non-hydrogen) atoms. The molecule has 3 aromatic rings. The van der Waals surface area contributed by atoms with Crippen LogP contribution in [0.25, 0.3) is 0 Å². The van der Waals surface area contributed by atoms with Gasteiger partial charge in [-0.1, -0.05) is 30.3 Å². The topological polar surface area (TPSA) is 9.23 Å².